The van der Waals surface area contributed by atoms with E-state index in [4.69, 9.17) is 4.74 Å². The van der Waals surface area contributed by atoms with Crippen molar-refractivity contribution in [3.8, 4) is 0 Å². The standard InChI is InChI=1S/C16H29N3O4/c1-11(20)19-9-8-18(14(22)23-16(5,6)7)10-12(19)13(21)17-15(2,3)4/h12H,8-10H2,1-7H3,(H,17,21)/t12-/m0/s1. The van der Waals surface area contributed by atoms with Gasteiger partial charge in [0.25, 0.3) is 0 Å². The lowest BCUT2D eigenvalue weighted by molar-refractivity contribution is -0.142. The van der Waals surface area contributed by atoms with Crippen LogP contribution in [0.15, 0.2) is 0 Å². The largest absolute Gasteiger partial charge is 0.444 e. The molecule has 0 saturated carbocycles. The highest BCUT2D eigenvalue weighted by atomic mass is 16.6. The van der Waals surface area contributed by atoms with Crippen LogP contribution in [0.4, 0.5) is 4.79 Å². The lowest BCUT2D eigenvalue weighted by Gasteiger charge is -2.41. The smallest absolute Gasteiger partial charge is 0.410 e. The first-order valence-electron chi connectivity index (χ1n) is 7.87. The minimum absolute atomic E-state index is 0.135. The predicted molar refractivity (Wildman–Crippen MR) is 86.9 cm³/mol. The molecule has 0 aromatic rings. The van der Waals surface area contributed by atoms with E-state index in [2.05, 4.69) is 5.32 Å². The SMILES string of the molecule is CC(=O)N1CCN(C(=O)OC(C)(C)C)C[C@H]1C(=O)NC(C)(C)C. The Hall–Kier alpha value is -1.79. The molecule has 0 bridgehead atoms. The minimum atomic E-state index is -0.701. The van der Waals surface area contributed by atoms with Crippen LogP contribution >= 0.6 is 0 Å². The van der Waals surface area contributed by atoms with Gasteiger partial charge in [-0.15, -0.1) is 0 Å². The van der Waals surface area contributed by atoms with E-state index in [9.17, 15) is 14.4 Å². The second-order valence-corrected chi connectivity index (χ2v) is 7.89. The van der Waals surface area contributed by atoms with Gasteiger partial charge in [-0.25, -0.2) is 4.79 Å². The topological polar surface area (TPSA) is 79.0 Å². The Morgan fingerprint density at radius 1 is 1.04 bits per heavy atom. The Kier molecular flexibility index (Phi) is 5.66. The molecule has 7 nitrogen and oxygen atoms in total. The second kappa shape index (κ2) is 6.76. The number of piperazine rings is 1. The molecule has 1 atom stereocenters. The molecule has 3 amide bonds. The van der Waals surface area contributed by atoms with Gasteiger partial charge in [0.1, 0.15) is 11.6 Å². The molecule has 23 heavy (non-hydrogen) atoms. The average Bonchev–Trinajstić information content (AvgIpc) is 2.33. The van der Waals surface area contributed by atoms with Crippen molar-refractivity contribution in [3.63, 3.8) is 0 Å². The first kappa shape index (κ1) is 19.3. The Labute approximate surface area is 138 Å². The Balaban J connectivity index is 2.87. The van der Waals surface area contributed by atoms with Crippen LogP contribution in [0.1, 0.15) is 48.5 Å². The summed E-state index contributed by atoms with van der Waals surface area (Å²) in [7, 11) is 0. The monoisotopic (exact) mass is 327 g/mol. The molecule has 1 heterocycles. The fourth-order valence-corrected chi connectivity index (χ4v) is 2.33. The van der Waals surface area contributed by atoms with Crippen LogP contribution in [0.3, 0.4) is 0 Å². The van der Waals surface area contributed by atoms with Crippen LogP contribution in [-0.2, 0) is 14.3 Å². The van der Waals surface area contributed by atoms with Crippen LogP contribution in [0.25, 0.3) is 0 Å². The van der Waals surface area contributed by atoms with Crippen molar-refractivity contribution >= 4 is 17.9 Å². The third-order valence-corrected chi connectivity index (χ3v) is 3.24. The summed E-state index contributed by atoms with van der Waals surface area (Å²) in [6, 6.07) is -0.701. The molecule has 1 fully saturated rings. The van der Waals surface area contributed by atoms with Gasteiger partial charge in [-0.2, -0.15) is 0 Å². The summed E-state index contributed by atoms with van der Waals surface area (Å²) in [5, 5.41) is 2.87. The van der Waals surface area contributed by atoms with Crippen molar-refractivity contribution in [1.82, 2.24) is 15.1 Å². The average molecular weight is 327 g/mol. The van der Waals surface area contributed by atoms with Crippen molar-refractivity contribution < 1.29 is 19.1 Å². The zero-order valence-electron chi connectivity index (χ0n) is 15.2. The van der Waals surface area contributed by atoms with E-state index in [1.54, 1.807) is 20.8 Å². The van der Waals surface area contributed by atoms with Crippen LogP contribution < -0.4 is 5.32 Å². The highest BCUT2D eigenvalue weighted by molar-refractivity contribution is 5.88. The molecule has 1 aliphatic rings. The van der Waals surface area contributed by atoms with Gasteiger partial charge in [-0.05, 0) is 41.5 Å². The number of rotatable bonds is 1. The van der Waals surface area contributed by atoms with E-state index in [0.29, 0.717) is 13.1 Å². The highest BCUT2D eigenvalue weighted by Gasteiger charge is 2.38. The summed E-state index contributed by atoms with van der Waals surface area (Å²) < 4.78 is 5.35. The number of nitrogens with zero attached hydrogens (tertiary/aromatic N) is 2. The van der Waals surface area contributed by atoms with Gasteiger partial charge >= 0.3 is 6.09 Å². The normalized spacial score (nSPS) is 19.3. The Bertz CT molecular complexity index is 477. The fraction of sp³-hybridized carbons (Fsp3) is 0.812. The zero-order chi connectivity index (χ0) is 18.0. The van der Waals surface area contributed by atoms with Crippen molar-refractivity contribution in [2.24, 2.45) is 0 Å². The van der Waals surface area contributed by atoms with Gasteiger partial charge < -0.3 is 19.9 Å². The van der Waals surface area contributed by atoms with Gasteiger partial charge in [0.2, 0.25) is 11.8 Å². The fourth-order valence-electron chi connectivity index (χ4n) is 2.33. The van der Waals surface area contributed by atoms with E-state index in [0.717, 1.165) is 0 Å². The third kappa shape index (κ3) is 6.08. The van der Waals surface area contributed by atoms with E-state index in [1.807, 2.05) is 20.8 Å². The van der Waals surface area contributed by atoms with Crippen LogP contribution in [-0.4, -0.2) is 64.5 Å². The second-order valence-electron chi connectivity index (χ2n) is 7.89. The van der Waals surface area contributed by atoms with E-state index in [-0.39, 0.29) is 18.4 Å². The summed E-state index contributed by atoms with van der Waals surface area (Å²) in [5.74, 6) is -0.441. The summed E-state index contributed by atoms with van der Waals surface area (Å²) in [5.41, 5.74) is -1.01. The van der Waals surface area contributed by atoms with Gasteiger partial charge in [-0.1, -0.05) is 0 Å². The van der Waals surface area contributed by atoms with Crippen molar-refractivity contribution in [1.29, 1.82) is 0 Å². The molecule has 7 heteroatoms. The molecule has 1 saturated heterocycles. The van der Waals surface area contributed by atoms with Gasteiger partial charge in [0.15, 0.2) is 0 Å². The van der Waals surface area contributed by atoms with Crippen molar-refractivity contribution in [2.45, 2.75) is 65.6 Å². The number of ether oxygens (including phenoxy) is 1. The molecule has 0 unspecified atom stereocenters. The molecule has 0 aliphatic carbocycles. The highest BCUT2D eigenvalue weighted by Crippen LogP contribution is 2.16. The Morgan fingerprint density at radius 2 is 1.61 bits per heavy atom. The molecule has 0 radical (unpaired) electrons. The number of carbonyl (C=O) groups excluding carboxylic acids is 3. The molecule has 0 aromatic heterocycles. The first-order valence-corrected chi connectivity index (χ1v) is 7.87. The van der Waals surface area contributed by atoms with Crippen molar-refractivity contribution in [2.75, 3.05) is 19.6 Å². The van der Waals surface area contributed by atoms with Gasteiger partial charge in [0, 0.05) is 25.6 Å². The first-order chi connectivity index (χ1) is 10.3. The molecule has 0 spiro atoms. The quantitative estimate of drug-likeness (QED) is 0.789. The minimum Gasteiger partial charge on any atom is -0.444 e. The molecule has 1 aliphatic heterocycles. The maximum Gasteiger partial charge on any atom is 0.410 e. The number of hydrogen-bond acceptors (Lipinski definition) is 4. The lowest BCUT2D eigenvalue weighted by atomic mass is 10.1. The summed E-state index contributed by atoms with van der Waals surface area (Å²) in [4.78, 5) is 39.5. The molecule has 1 N–H and O–H groups in total. The van der Waals surface area contributed by atoms with E-state index < -0.39 is 23.3 Å². The lowest BCUT2D eigenvalue weighted by Crippen LogP contribution is -2.63. The Morgan fingerprint density at radius 3 is 2.04 bits per heavy atom. The number of hydrogen-bond donors (Lipinski definition) is 1. The summed E-state index contributed by atoms with van der Waals surface area (Å²) >= 11 is 0. The number of carbonyl (C=O) groups is 3. The van der Waals surface area contributed by atoms with E-state index in [1.165, 1.54) is 16.7 Å². The maximum atomic E-state index is 12.5. The molecular weight excluding hydrogens is 298 g/mol. The molecular formula is C16H29N3O4. The van der Waals surface area contributed by atoms with Crippen molar-refractivity contribution in [3.05, 3.63) is 0 Å². The maximum absolute atomic E-state index is 12.5. The predicted octanol–water partition coefficient (Wildman–Crippen LogP) is 1.37. The zero-order valence-corrected chi connectivity index (χ0v) is 15.2. The summed E-state index contributed by atoms with van der Waals surface area (Å²) in [6.45, 7) is 13.2. The van der Waals surface area contributed by atoms with Crippen LogP contribution in [0.5, 0.6) is 0 Å². The molecule has 0 aromatic carbocycles. The molecule has 132 valence electrons. The van der Waals surface area contributed by atoms with E-state index >= 15 is 0 Å². The number of amides is 3. The number of nitrogens with one attached hydrogen (secondary N) is 1. The van der Waals surface area contributed by atoms with Gasteiger partial charge in [-0.3, -0.25) is 9.59 Å². The summed E-state index contributed by atoms with van der Waals surface area (Å²) in [6.07, 6.45) is -0.464. The third-order valence-electron chi connectivity index (χ3n) is 3.24. The van der Waals surface area contributed by atoms with Gasteiger partial charge in [0.05, 0.1) is 6.54 Å². The van der Waals surface area contributed by atoms with Crippen LogP contribution in [0.2, 0.25) is 0 Å². The van der Waals surface area contributed by atoms with Crippen LogP contribution in [0, 0.1) is 0 Å². The molecule has 1 rings (SSSR count).